The largest absolute Gasteiger partial charge is 0.372 e. The maximum Gasteiger partial charge on any atom is 0.0532 e. The van der Waals surface area contributed by atoms with Crippen molar-refractivity contribution < 1.29 is 0 Å². The number of nitrogens with one attached hydrogen (secondary N) is 2. The average Bonchev–Trinajstić information content (AvgIpc) is 2.95. The Morgan fingerprint density at radius 2 is 1.74 bits per heavy atom. The number of benzene rings is 1. The molecule has 1 aromatic heterocycles. The van der Waals surface area contributed by atoms with E-state index in [1.165, 1.54) is 16.8 Å². The zero-order valence-corrected chi connectivity index (χ0v) is 11.7. The van der Waals surface area contributed by atoms with Crippen LogP contribution in [0.3, 0.4) is 0 Å². The van der Waals surface area contributed by atoms with Crippen LogP contribution in [0.15, 0.2) is 36.7 Å². The Bertz CT molecular complexity index is 457. The molecule has 0 aliphatic rings. The van der Waals surface area contributed by atoms with E-state index >= 15 is 0 Å². The molecule has 0 saturated carbocycles. The fourth-order valence-corrected chi connectivity index (χ4v) is 2.14. The quantitative estimate of drug-likeness (QED) is 0.802. The van der Waals surface area contributed by atoms with Gasteiger partial charge in [-0.3, -0.25) is 5.10 Å². The van der Waals surface area contributed by atoms with Crippen molar-refractivity contribution in [2.45, 2.75) is 26.9 Å². The van der Waals surface area contributed by atoms with Crippen LogP contribution >= 0.6 is 0 Å². The first-order valence-electron chi connectivity index (χ1n) is 6.85. The van der Waals surface area contributed by atoms with Gasteiger partial charge in [-0.2, -0.15) is 5.10 Å². The summed E-state index contributed by atoms with van der Waals surface area (Å²) in [5, 5.41) is 10.1. The zero-order chi connectivity index (χ0) is 13.5. The van der Waals surface area contributed by atoms with Gasteiger partial charge in [0, 0.05) is 43.6 Å². The second-order valence-electron chi connectivity index (χ2n) is 4.55. The summed E-state index contributed by atoms with van der Waals surface area (Å²) in [6.45, 7) is 8.19. The Hall–Kier alpha value is -1.81. The first kappa shape index (κ1) is 13.6. The minimum absolute atomic E-state index is 0.842. The van der Waals surface area contributed by atoms with E-state index in [1.807, 2.05) is 12.4 Å². The van der Waals surface area contributed by atoms with E-state index in [2.05, 4.69) is 58.5 Å². The van der Waals surface area contributed by atoms with E-state index in [0.717, 1.165) is 26.2 Å². The van der Waals surface area contributed by atoms with Crippen molar-refractivity contribution in [1.29, 1.82) is 0 Å². The molecule has 19 heavy (non-hydrogen) atoms. The Morgan fingerprint density at radius 1 is 1.05 bits per heavy atom. The Morgan fingerprint density at radius 3 is 2.32 bits per heavy atom. The lowest BCUT2D eigenvalue weighted by molar-refractivity contribution is 0.693. The highest BCUT2D eigenvalue weighted by atomic mass is 15.1. The minimum Gasteiger partial charge on any atom is -0.372 e. The van der Waals surface area contributed by atoms with Crippen LogP contribution in [-0.2, 0) is 13.1 Å². The SMILES string of the molecule is CCN(CC)c1ccc(CNCc2cn[nH]c2)cc1. The Labute approximate surface area is 114 Å². The lowest BCUT2D eigenvalue weighted by Gasteiger charge is -2.21. The average molecular weight is 258 g/mol. The van der Waals surface area contributed by atoms with E-state index in [9.17, 15) is 0 Å². The van der Waals surface area contributed by atoms with Crippen molar-refractivity contribution in [1.82, 2.24) is 15.5 Å². The molecule has 1 aromatic carbocycles. The first-order chi connectivity index (χ1) is 9.33. The molecular formula is C15H22N4. The van der Waals surface area contributed by atoms with E-state index in [4.69, 9.17) is 0 Å². The van der Waals surface area contributed by atoms with Gasteiger partial charge in [-0.05, 0) is 31.5 Å². The van der Waals surface area contributed by atoms with E-state index < -0.39 is 0 Å². The molecule has 1 heterocycles. The summed E-state index contributed by atoms with van der Waals surface area (Å²) >= 11 is 0. The highest BCUT2D eigenvalue weighted by molar-refractivity contribution is 5.47. The molecule has 0 amide bonds. The molecule has 2 rings (SSSR count). The van der Waals surface area contributed by atoms with Crippen molar-refractivity contribution in [3.8, 4) is 0 Å². The smallest absolute Gasteiger partial charge is 0.0532 e. The molecule has 4 heteroatoms. The molecule has 0 fully saturated rings. The van der Waals surface area contributed by atoms with Gasteiger partial charge in [0.1, 0.15) is 0 Å². The third-order valence-corrected chi connectivity index (χ3v) is 3.28. The topological polar surface area (TPSA) is 44.0 Å². The van der Waals surface area contributed by atoms with Gasteiger partial charge in [-0.25, -0.2) is 0 Å². The van der Waals surface area contributed by atoms with Crippen molar-refractivity contribution in [3.05, 3.63) is 47.8 Å². The second kappa shape index (κ2) is 6.95. The fourth-order valence-electron chi connectivity index (χ4n) is 2.14. The summed E-state index contributed by atoms with van der Waals surface area (Å²) in [4.78, 5) is 2.35. The first-order valence-corrected chi connectivity index (χ1v) is 6.85. The van der Waals surface area contributed by atoms with Crippen LogP contribution in [0.4, 0.5) is 5.69 Å². The number of hydrogen-bond acceptors (Lipinski definition) is 3. The summed E-state index contributed by atoms with van der Waals surface area (Å²) in [5.41, 5.74) is 3.78. The van der Waals surface area contributed by atoms with Crippen LogP contribution in [0.25, 0.3) is 0 Å². The molecule has 0 saturated heterocycles. The van der Waals surface area contributed by atoms with Crippen LogP contribution < -0.4 is 10.2 Å². The minimum atomic E-state index is 0.842. The van der Waals surface area contributed by atoms with E-state index in [0.29, 0.717) is 0 Å². The third kappa shape index (κ3) is 3.83. The summed E-state index contributed by atoms with van der Waals surface area (Å²) in [6, 6.07) is 8.77. The normalized spacial score (nSPS) is 10.6. The molecule has 0 spiro atoms. The third-order valence-electron chi connectivity index (χ3n) is 3.28. The highest BCUT2D eigenvalue weighted by Gasteiger charge is 2.01. The predicted molar refractivity (Wildman–Crippen MR) is 79.1 cm³/mol. The number of anilines is 1. The molecule has 0 aliphatic carbocycles. The molecule has 4 nitrogen and oxygen atoms in total. The monoisotopic (exact) mass is 258 g/mol. The number of H-pyrrole nitrogens is 1. The number of rotatable bonds is 7. The predicted octanol–water partition coefficient (Wildman–Crippen LogP) is 2.55. The van der Waals surface area contributed by atoms with Crippen molar-refractivity contribution in [2.24, 2.45) is 0 Å². The fraction of sp³-hybridized carbons (Fsp3) is 0.400. The van der Waals surface area contributed by atoms with Gasteiger partial charge >= 0.3 is 0 Å². The molecule has 2 N–H and O–H groups in total. The molecule has 102 valence electrons. The van der Waals surface area contributed by atoms with Gasteiger partial charge in [-0.1, -0.05) is 12.1 Å². The molecule has 0 atom stereocenters. The van der Waals surface area contributed by atoms with Gasteiger partial charge < -0.3 is 10.2 Å². The van der Waals surface area contributed by atoms with Gasteiger partial charge in [0.15, 0.2) is 0 Å². The lowest BCUT2D eigenvalue weighted by Crippen LogP contribution is -2.21. The van der Waals surface area contributed by atoms with Gasteiger partial charge in [0.05, 0.1) is 6.20 Å². The maximum absolute atomic E-state index is 3.93. The molecule has 0 radical (unpaired) electrons. The van der Waals surface area contributed by atoms with Gasteiger partial charge in [0.2, 0.25) is 0 Å². The van der Waals surface area contributed by atoms with Crippen LogP contribution in [0.2, 0.25) is 0 Å². The maximum atomic E-state index is 3.93. The number of hydrogen-bond donors (Lipinski definition) is 2. The van der Waals surface area contributed by atoms with Crippen LogP contribution in [0, 0.1) is 0 Å². The summed E-state index contributed by atoms with van der Waals surface area (Å²) in [7, 11) is 0. The summed E-state index contributed by atoms with van der Waals surface area (Å²) in [5.74, 6) is 0. The molecule has 2 aromatic rings. The van der Waals surface area contributed by atoms with Gasteiger partial charge in [0.25, 0.3) is 0 Å². The van der Waals surface area contributed by atoms with Crippen molar-refractivity contribution in [2.75, 3.05) is 18.0 Å². The summed E-state index contributed by atoms with van der Waals surface area (Å²) in [6.07, 6.45) is 3.76. The molecule has 0 aliphatic heterocycles. The molecular weight excluding hydrogens is 236 g/mol. The number of aromatic amines is 1. The van der Waals surface area contributed by atoms with E-state index in [1.54, 1.807) is 0 Å². The zero-order valence-electron chi connectivity index (χ0n) is 11.7. The second-order valence-corrected chi connectivity index (χ2v) is 4.55. The van der Waals surface area contributed by atoms with Crippen LogP contribution in [0.5, 0.6) is 0 Å². The highest BCUT2D eigenvalue weighted by Crippen LogP contribution is 2.14. The Kier molecular flexibility index (Phi) is 4.98. The standard InChI is InChI=1S/C15H22N4/c1-3-19(4-2)15-7-5-13(6-8-15)9-16-10-14-11-17-18-12-14/h5-8,11-12,16H,3-4,9-10H2,1-2H3,(H,17,18). The Balaban J connectivity index is 1.84. The van der Waals surface area contributed by atoms with Crippen LogP contribution in [0.1, 0.15) is 25.0 Å². The molecule has 0 unspecified atom stereocenters. The van der Waals surface area contributed by atoms with Crippen molar-refractivity contribution >= 4 is 5.69 Å². The lowest BCUT2D eigenvalue weighted by atomic mass is 10.2. The van der Waals surface area contributed by atoms with E-state index in [-0.39, 0.29) is 0 Å². The summed E-state index contributed by atoms with van der Waals surface area (Å²) < 4.78 is 0. The number of aromatic nitrogens is 2. The van der Waals surface area contributed by atoms with Crippen molar-refractivity contribution in [3.63, 3.8) is 0 Å². The number of nitrogens with zero attached hydrogens (tertiary/aromatic N) is 2. The van der Waals surface area contributed by atoms with Crippen LogP contribution in [-0.4, -0.2) is 23.3 Å². The van der Waals surface area contributed by atoms with Gasteiger partial charge in [-0.15, -0.1) is 0 Å². The molecule has 0 bridgehead atoms.